The first kappa shape index (κ1) is 58.3. The van der Waals surface area contributed by atoms with E-state index in [1.807, 2.05) is 0 Å². The van der Waals surface area contributed by atoms with E-state index in [9.17, 15) is 19.2 Å². The molecular formula is C57H106N3O8+3. The Morgan fingerprint density at radius 1 is 0.559 bits per heavy atom. The molecule has 0 spiro atoms. The molecule has 0 aliphatic heterocycles. The zero-order valence-electron chi connectivity index (χ0n) is 46.3. The van der Waals surface area contributed by atoms with E-state index in [4.69, 9.17) is 18.9 Å². The van der Waals surface area contributed by atoms with Crippen molar-refractivity contribution in [3.05, 3.63) is 0 Å². The Morgan fingerprint density at radius 2 is 1.07 bits per heavy atom. The van der Waals surface area contributed by atoms with Gasteiger partial charge in [0.1, 0.15) is 18.3 Å². The van der Waals surface area contributed by atoms with Crippen LogP contribution in [0.1, 0.15) is 188 Å². The van der Waals surface area contributed by atoms with Crippen LogP contribution in [0.3, 0.4) is 0 Å². The number of esters is 4. The van der Waals surface area contributed by atoms with E-state index >= 15 is 0 Å². The van der Waals surface area contributed by atoms with E-state index < -0.39 is 0 Å². The molecule has 11 heteroatoms. The number of fused-ring (bicyclic) bond motifs is 5. The van der Waals surface area contributed by atoms with Crippen molar-refractivity contribution in [2.45, 2.75) is 207 Å². The normalized spacial score (nSPS) is 29.8. The number of hydrogen-bond donors (Lipinski definition) is 0. The number of hydrogen-bond acceptors (Lipinski definition) is 8. The summed E-state index contributed by atoms with van der Waals surface area (Å²) in [6.07, 6.45) is 22.5. The van der Waals surface area contributed by atoms with Gasteiger partial charge in [-0.15, -0.1) is 0 Å². The maximum absolute atomic E-state index is 14.0. The summed E-state index contributed by atoms with van der Waals surface area (Å²) in [6.45, 7) is 12.6. The number of nitrogens with zero attached hydrogens (tertiary/aromatic N) is 3. The number of unbranched alkanes of at least 4 members (excludes halogenated alkanes) is 9. The minimum Gasteiger partial charge on any atom is -0.466 e. The van der Waals surface area contributed by atoms with Crippen LogP contribution in [0, 0.1) is 46.3 Å². The van der Waals surface area contributed by atoms with Gasteiger partial charge in [0.25, 0.3) is 0 Å². The molecule has 68 heavy (non-hydrogen) atoms. The summed E-state index contributed by atoms with van der Waals surface area (Å²) in [5, 5.41) is 0. The van der Waals surface area contributed by atoms with Crippen LogP contribution >= 0.6 is 0 Å². The predicted octanol–water partition coefficient (Wildman–Crippen LogP) is 10.9. The molecule has 4 fully saturated rings. The topological polar surface area (TPSA) is 105 Å². The lowest BCUT2D eigenvalue weighted by Crippen LogP contribution is -2.63. The second kappa shape index (κ2) is 26.5. The molecule has 0 aromatic carbocycles. The number of ether oxygens (including phenoxy) is 4. The number of carbonyl (C=O) groups is 4. The summed E-state index contributed by atoms with van der Waals surface area (Å²) in [6, 6.07) is 0. The second-order valence-electron chi connectivity index (χ2n) is 26.2. The highest BCUT2D eigenvalue weighted by Gasteiger charge is 2.68. The smallest absolute Gasteiger partial charge is 0.306 e. The first-order chi connectivity index (χ1) is 31.9. The molecule has 0 amide bonds. The van der Waals surface area contributed by atoms with Crippen LogP contribution < -0.4 is 0 Å². The average molecular weight is 961 g/mol. The van der Waals surface area contributed by atoms with Crippen molar-refractivity contribution in [1.29, 1.82) is 0 Å². The van der Waals surface area contributed by atoms with Crippen LogP contribution in [0.2, 0.25) is 0 Å². The fourth-order valence-electron chi connectivity index (χ4n) is 13.6. The van der Waals surface area contributed by atoms with Gasteiger partial charge in [-0.25, -0.2) is 0 Å². The van der Waals surface area contributed by atoms with E-state index in [0.717, 1.165) is 117 Å². The molecule has 4 saturated carbocycles. The lowest BCUT2D eigenvalue weighted by molar-refractivity contribution is -0.870. The highest BCUT2D eigenvalue weighted by Crippen LogP contribution is 2.69. The van der Waals surface area contributed by atoms with Crippen LogP contribution in [0.25, 0.3) is 0 Å². The summed E-state index contributed by atoms with van der Waals surface area (Å²) in [5.41, 5.74) is -0.423. The fraction of sp³-hybridized carbons (Fsp3) is 0.930. The van der Waals surface area contributed by atoms with Gasteiger partial charge in [0.2, 0.25) is 0 Å². The SMILES string of the molecule is CCCCCCCCCCCCOC(=O)CC[C@@H](C)[C@H]1CC[C@H]2[C@@H]3[C@H](OC(=O)CCC[N+](C)(C)C)C[C@@H]4C[C@H](OC(=O)CCC[N+](C)(C)C)CC[C@]4(C)[C@H]3C[C@H](OC(=O)CCC[N+](C)(C)C)[C@]12C. The fourth-order valence-corrected chi connectivity index (χ4v) is 13.6. The highest BCUT2D eigenvalue weighted by atomic mass is 16.6. The molecule has 0 N–H and O–H groups in total. The molecule has 4 aliphatic rings. The van der Waals surface area contributed by atoms with Crippen LogP contribution in [0.4, 0.5) is 0 Å². The molecule has 11 nitrogen and oxygen atoms in total. The van der Waals surface area contributed by atoms with Gasteiger partial charge in [0.05, 0.1) is 109 Å². The average Bonchev–Trinajstić information content (AvgIpc) is 3.59. The van der Waals surface area contributed by atoms with E-state index in [1.54, 1.807) is 0 Å². The Kier molecular flexibility index (Phi) is 22.7. The molecule has 0 bridgehead atoms. The second-order valence-corrected chi connectivity index (χ2v) is 26.2. The molecule has 0 heterocycles. The van der Waals surface area contributed by atoms with E-state index in [2.05, 4.69) is 91.1 Å². The van der Waals surface area contributed by atoms with Crippen molar-refractivity contribution in [3.8, 4) is 0 Å². The lowest BCUT2D eigenvalue weighted by Gasteiger charge is -2.64. The van der Waals surface area contributed by atoms with Gasteiger partial charge in [0.15, 0.2) is 0 Å². The number of quaternary nitrogens is 3. The van der Waals surface area contributed by atoms with Gasteiger partial charge in [-0.3, -0.25) is 19.2 Å². The Bertz CT molecular complexity index is 1570. The summed E-state index contributed by atoms with van der Waals surface area (Å²) >= 11 is 0. The van der Waals surface area contributed by atoms with Crippen molar-refractivity contribution in [1.82, 2.24) is 0 Å². The summed E-state index contributed by atoms with van der Waals surface area (Å²) in [7, 11) is 19.4. The van der Waals surface area contributed by atoms with E-state index in [-0.39, 0.29) is 88.5 Å². The predicted molar refractivity (Wildman–Crippen MR) is 273 cm³/mol. The first-order valence-electron chi connectivity index (χ1n) is 28.0. The minimum absolute atomic E-state index is 0.0820. The van der Waals surface area contributed by atoms with E-state index in [1.165, 1.54) is 51.4 Å². The molecule has 4 rings (SSSR count). The van der Waals surface area contributed by atoms with Crippen molar-refractivity contribution in [3.63, 3.8) is 0 Å². The molecule has 4 aliphatic carbocycles. The quantitative estimate of drug-likeness (QED) is 0.0303. The molecule has 394 valence electrons. The summed E-state index contributed by atoms with van der Waals surface area (Å²) < 4.78 is 28.0. The molecule has 0 aromatic rings. The standard InChI is InChI=1S/C57H106N3O8/c1-14-15-16-17-18-19-20-21-22-23-39-65-51(61)33-30-43(2)46-31-32-47-55-48(42-50(57(46,47)4)68-54(64)29-26-38-60(11,12)13)56(3)35-34-45(66-52(62)27-24-36-58(5,6)7)40-44(56)41-49(55)67-53(63)28-25-37-59(8,9)10/h43-50,55H,14-42H2,1-13H3/q+3/t43-,44+,45-,46-,47+,48+,49-,50+,55+,56+,57-/m1/s1. The molecule has 11 atom stereocenters. The van der Waals surface area contributed by atoms with Crippen LogP contribution in [-0.2, 0) is 38.1 Å². The molecule has 0 saturated heterocycles. The van der Waals surface area contributed by atoms with Gasteiger partial charge >= 0.3 is 23.9 Å². The third-order valence-electron chi connectivity index (χ3n) is 17.5. The van der Waals surface area contributed by atoms with Gasteiger partial charge in [-0.1, -0.05) is 85.5 Å². The Labute approximate surface area is 416 Å². The Hall–Kier alpha value is -2.24. The van der Waals surface area contributed by atoms with Crippen molar-refractivity contribution in [2.24, 2.45) is 46.3 Å². The molecule has 0 radical (unpaired) electrons. The monoisotopic (exact) mass is 961 g/mol. The highest BCUT2D eigenvalue weighted by molar-refractivity contribution is 5.70. The third kappa shape index (κ3) is 18.1. The van der Waals surface area contributed by atoms with E-state index in [0.29, 0.717) is 32.3 Å². The largest absolute Gasteiger partial charge is 0.466 e. The van der Waals surface area contributed by atoms with Crippen molar-refractivity contribution in [2.75, 3.05) is 89.7 Å². The zero-order valence-corrected chi connectivity index (χ0v) is 46.3. The molecule has 0 aromatic heterocycles. The number of carbonyl (C=O) groups excluding carboxylic acids is 4. The van der Waals surface area contributed by atoms with Gasteiger partial charge in [0, 0.05) is 37.0 Å². The third-order valence-corrected chi connectivity index (χ3v) is 17.5. The first-order valence-corrected chi connectivity index (χ1v) is 28.0. The Balaban J connectivity index is 1.53. The number of rotatable bonds is 30. The minimum atomic E-state index is -0.341. The van der Waals surface area contributed by atoms with Crippen LogP contribution in [-0.4, -0.2) is 145 Å². The van der Waals surface area contributed by atoms with Gasteiger partial charge in [-0.05, 0) is 92.8 Å². The summed E-state index contributed by atoms with van der Waals surface area (Å²) in [5.74, 6) is 0.733. The Morgan fingerprint density at radius 3 is 1.62 bits per heavy atom. The summed E-state index contributed by atoms with van der Waals surface area (Å²) in [4.78, 5) is 54.4. The maximum atomic E-state index is 14.0. The lowest BCUT2D eigenvalue weighted by atomic mass is 9.43. The maximum Gasteiger partial charge on any atom is 0.306 e. The van der Waals surface area contributed by atoms with Crippen LogP contribution in [0.5, 0.6) is 0 Å². The zero-order chi connectivity index (χ0) is 50.3. The van der Waals surface area contributed by atoms with Crippen molar-refractivity contribution >= 4 is 23.9 Å². The molecular weight excluding hydrogens is 855 g/mol. The molecule has 0 unspecified atom stereocenters. The van der Waals surface area contributed by atoms with Gasteiger partial charge < -0.3 is 32.4 Å². The van der Waals surface area contributed by atoms with Gasteiger partial charge in [-0.2, -0.15) is 0 Å². The van der Waals surface area contributed by atoms with Crippen LogP contribution in [0.15, 0.2) is 0 Å². The van der Waals surface area contributed by atoms with Crippen molar-refractivity contribution < 1.29 is 51.6 Å².